The van der Waals surface area contributed by atoms with Crippen LogP contribution in [0.5, 0.6) is 0 Å². The Morgan fingerprint density at radius 1 is 0.960 bits per heavy atom. The fourth-order valence-electron chi connectivity index (χ4n) is 7.15. The molecule has 2 heterocycles. The van der Waals surface area contributed by atoms with Crippen LogP contribution in [0.2, 0.25) is 0 Å². The second-order valence-electron chi connectivity index (χ2n) is 14.5. The van der Waals surface area contributed by atoms with Gasteiger partial charge in [-0.2, -0.15) is 0 Å². The van der Waals surface area contributed by atoms with Gasteiger partial charge in [-0.25, -0.2) is 9.78 Å². The molecule has 2 aromatic heterocycles. The van der Waals surface area contributed by atoms with Crippen LogP contribution in [0.1, 0.15) is 102 Å². The van der Waals surface area contributed by atoms with Crippen LogP contribution in [0.25, 0.3) is 0 Å². The predicted molar refractivity (Wildman–Crippen MR) is 193 cm³/mol. The van der Waals surface area contributed by atoms with Gasteiger partial charge >= 0.3 is 5.97 Å². The third kappa shape index (κ3) is 13.1. The van der Waals surface area contributed by atoms with Crippen LogP contribution in [0.4, 0.5) is 0 Å². The van der Waals surface area contributed by atoms with Gasteiger partial charge in [-0.3, -0.25) is 19.4 Å². The highest BCUT2D eigenvalue weighted by atomic mass is 32.1. The minimum atomic E-state index is -1.53. The largest absolute Gasteiger partial charge is 0.461 e. The number of hydrogen-bond acceptors (Lipinski definition) is 9. The second-order valence-corrected chi connectivity index (χ2v) is 15.5. The van der Waals surface area contributed by atoms with Crippen molar-refractivity contribution in [2.45, 2.75) is 122 Å². The molecule has 2 N–H and O–H groups in total. The van der Waals surface area contributed by atoms with E-state index in [2.05, 4.69) is 15.3 Å². The van der Waals surface area contributed by atoms with Crippen molar-refractivity contribution in [1.82, 2.24) is 25.1 Å². The van der Waals surface area contributed by atoms with Crippen LogP contribution in [0.3, 0.4) is 0 Å². The van der Waals surface area contributed by atoms with Crippen molar-refractivity contribution < 1.29 is 29.0 Å². The van der Waals surface area contributed by atoms with E-state index in [-0.39, 0.29) is 37.1 Å². The van der Waals surface area contributed by atoms with Crippen molar-refractivity contribution in [3.63, 3.8) is 0 Å². The number of carbonyl (C=O) groups is 4. The summed E-state index contributed by atoms with van der Waals surface area (Å²) in [5, 5.41) is 16.7. The van der Waals surface area contributed by atoms with E-state index in [1.807, 2.05) is 23.6 Å². The molecule has 12 heteroatoms. The van der Waals surface area contributed by atoms with Crippen molar-refractivity contribution in [3.8, 4) is 0 Å². The summed E-state index contributed by atoms with van der Waals surface area (Å²) in [6, 6.07) is 4.85. The normalized spacial score (nSPS) is 17.5. The summed E-state index contributed by atoms with van der Waals surface area (Å²) in [4.78, 5) is 66.7. The summed E-state index contributed by atoms with van der Waals surface area (Å²) < 4.78 is 5.33. The van der Waals surface area contributed by atoms with Crippen LogP contribution >= 0.6 is 11.3 Å². The zero-order valence-corrected chi connectivity index (χ0v) is 31.0. The number of carbonyl (C=O) groups excluding carboxylic acids is 4. The third-order valence-electron chi connectivity index (χ3n) is 10.0. The van der Waals surface area contributed by atoms with Gasteiger partial charge in [0.2, 0.25) is 17.7 Å². The minimum absolute atomic E-state index is 0.0658. The zero-order chi connectivity index (χ0) is 35.9. The number of rotatable bonds is 18. The Morgan fingerprint density at radius 3 is 2.28 bits per heavy atom. The van der Waals surface area contributed by atoms with Crippen molar-refractivity contribution in [2.24, 2.45) is 17.8 Å². The highest BCUT2D eigenvalue weighted by Gasteiger charge is 2.35. The molecule has 0 saturated heterocycles. The molecule has 3 amide bonds. The molecule has 0 aromatic carbocycles. The quantitative estimate of drug-likeness (QED) is 0.207. The highest BCUT2D eigenvalue weighted by molar-refractivity contribution is 7.09. The van der Waals surface area contributed by atoms with Crippen LogP contribution in [-0.4, -0.2) is 93.5 Å². The molecule has 0 radical (unpaired) electrons. The molecular formula is C38H57N5O6S. The molecule has 2 fully saturated rings. The van der Waals surface area contributed by atoms with Gasteiger partial charge in [0.05, 0.1) is 29.6 Å². The number of esters is 1. The number of nitrogens with one attached hydrogen (secondary N) is 1. The van der Waals surface area contributed by atoms with Crippen molar-refractivity contribution in [2.75, 3.05) is 26.7 Å². The molecule has 50 heavy (non-hydrogen) atoms. The summed E-state index contributed by atoms with van der Waals surface area (Å²) in [6.45, 7) is 4.31. The average Bonchev–Trinajstić information content (AvgIpc) is 3.63. The molecule has 0 aliphatic heterocycles. The molecule has 0 spiro atoms. The lowest BCUT2D eigenvalue weighted by molar-refractivity contribution is -0.159. The molecule has 276 valence electrons. The maximum atomic E-state index is 14.2. The SMILES string of the molecule is CC(C)OC(=O)C(O)C(CC1CCCCC1)NC(=O)C(CC(=O)N(CC(=O)N(C)CCc1ccccn1)CC1CCCCC1)Cc1nccs1. The topological polar surface area (TPSA) is 142 Å². The maximum absolute atomic E-state index is 14.2. The number of amides is 3. The van der Waals surface area contributed by atoms with Crippen molar-refractivity contribution >= 4 is 35.0 Å². The van der Waals surface area contributed by atoms with Crippen LogP contribution < -0.4 is 5.32 Å². The second kappa shape index (κ2) is 20.5. The molecule has 2 aliphatic carbocycles. The first-order valence-corrected chi connectivity index (χ1v) is 19.5. The lowest BCUT2D eigenvalue weighted by Crippen LogP contribution is -2.51. The number of likely N-dealkylation sites (N-methyl/N-ethyl adjacent to an activating group) is 1. The van der Waals surface area contributed by atoms with E-state index in [9.17, 15) is 24.3 Å². The van der Waals surface area contributed by atoms with Gasteiger partial charge in [0, 0.05) is 62.9 Å². The van der Waals surface area contributed by atoms with E-state index in [0.29, 0.717) is 36.9 Å². The van der Waals surface area contributed by atoms with Crippen LogP contribution in [0.15, 0.2) is 36.0 Å². The van der Waals surface area contributed by atoms with Gasteiger partial charge in [-0.15, -0.1) is 11.3 Å². The Bertz CT molecular complexity index is 1330. The van der Waals surface area contributed by atoms with Gasteiger partial charge in [0.1, 0.15) is 0 Å². The first-order valence-electron chi connectivity index (χ1n) is 18.6. The lowest BCUT2D eigenvalue weighted by atomic mass is 9.83. The first kappa shape index (κ1) is 39.4. The molecular weight excluding hydrogens is 655 g/mol. The number of aliphatic hydroxyl groups is 1. The molecule has 4 rings (SSSR count). The summed E-state index contributed by atoms with van der Waals surface area (Å²) in [7, 11) is 1.75. The van der Waals surface area contributed by atoms with E-state index in [1.54, 1.807) is 43.1 Å². The third-order valence-corrected chi connectivity index (χ3v) is 10.8. The Labute approximate surface area is 301 Å². The lowest BCUT2D eigenvalue weighted by Gasteiger charge is -2.32. The number of nitrogens with zero attached hydrogens (tertiary/aromatic N) is 4. The summed E-state index contributed by atoms with van der Waals surface area (Å²) in [5.74, 6) is -1.84. The molecule has 0 bridgehead atoms. The summed E-state index contributed by atoms with van der Waals surface area (Å²) in [6.07, 6.45) is 13.3. The smallest absolute Gasteiger partial charge is 0.337 e. The predicted octanol–water partition coefficient (Wildman–Crippen LogP) is 4.96. The number of thiazole rings is 1. The number of pyridine rings is 1. The van der Waals surface area contributed by atoms with Gasteiger partial charge in [0.15, 0.2) is 6.10 Å². The summed E-state index contributed by atoms with van der Waals surface area (Å²) >= 11 is 1.41. The van der Waals surface area contributed by atoms with E-state index in [1.165, 1.54) is 17.8 Å². The summed E-state index contributed by atoms with van der Waals surface area (Å²) in [5.41, 5.74) is 0.891. The number of aromatic nitrogens is 2. The van der Waals surface area contributed by atoms with E-state index in [4.69, 9.17) is 4.74 Å². The van der Waals surface area contributed by atoms with Crippen LogP contribution in [0, 0.1) is 17.8 Å². The van der Waals surface area contributed by atoms with Gasteiger partial charge in [-0.05, 0) is 57.1 Å². The molecule has 3 unspecified atom stereocenters. The molecule has 2 saturated carbocycles. The fraction of sp³-hybridized carbons (Fsp3) is 0.684. The monoisotopic (exact) mass is 711 g/mol. The zero-order valence-electron chi connectivity index (χ0n) is 30.1. The van der Waals surface area contributed by atoms with Gasteiger partial charge in [-0.1, -0.05) is 57.4 Å². The molecule has 2 aliphatic rings. The first-order chi connectivity index (χ1) is 24.1. The number of ether oxygens (including phenoxy) is 1. The Morgan fingerprint density at radius 2 is 1.66 bits per heavy atom. The minimum Gasteiger partial charge on any atom is -0.461 e. The van der Waals surface area contributed by atoms with Crippen molar-refractivity contribution in [3.05, 3.63) is 46.7 Å². The maximum Gasteiger partial charge on any atom is 0.337 e. The average molecular weight is 712 g/mol. The number of aliphatic hydroxyl groups excluding tert-OH is 1. The highest BCUT2D eigenvalue weighted by Crippen LogP contribution is 2.29. The Balaban J connectivity index is 1.50. The molecule has 11 nitrogen and oxygen atoms in total. The standard InChI is InChI=1S/C38H57N5O6S/c1-27(2)49-38(48)36(46)32(22-28-12-6-4-7-13-28)41-37(47)30(23-33-40-19-21-50-33)24-34(44)43(25-29-14-8-5-9-15-29)26-35(45)42(3)20-17-31-16-10-11-18-39-31/h10-11,16,18-19,21,27-30,32,36,46H,4-9,12-15,17,20,22-26H2,1-3H3,(H,41,47). The van der Waals surface area contributed by atoms with Gasteiger partial charge in [0.25, 0.3) is 0 Å². The van der Waals surface area contributed by atoms with E-state index < -0.39 is 36.0 Å². The van der Waals surface area contributed by atoms with E-state index >= 15 is 0 Å². The Kier molecular flexibility index (Phi) is 16.1. The van der Waals surface area contributed by atoms with E-state index in [0.717, 1.165) is 63.5 Å². The Hall–Kier alpha value is -3.38. The van der Waals surface area contributed by atoms with Crippen molar-refractivity contribution in [1.29, 1.82) is 0 Å². The fourth-order valence-corrected chi connectivity index (χ4v) is 7.85. The van der Waals surface area contributed by atoms with Crippen LogP contribution in [-0.2, 0) is 36.8 Å². The number of hydrogen-bond donors (Lipinski definition) is 2. The van der Waals surface area contributed by atoms with Gasteiger partial charge < -0.3 is 25.0 Å². The molecule has 2 aromatic rings. The molecule has 3 atom stereocenters.